The van der Waals surface area contributed by atoms with Gasteiger partial charge in [0.05, 0.1) is 19.9 Å². The van der Waals surface area contributed by atoms with Crippen molar-refractivity contribution in [2.75, 3.05) is 20.3 Å². The van der Waals surface area contributed by atoms with E-state index >= 15 is 0 Å². The Bertz CT molecular complexity index is 788. The molecule has 0 atom stereocenters. The van der Waals surface area contributed by atoms with E-state index in [1.165, 1.54) is 6.21 Å². The number of hydrogen-bond acceptors (Lipinski definition) is 5. The highest BCUT2D eigenvalue weighted by atomic mass is 16.5. The number of carbonyl (C=O) groups is 1. The van der Waals surface area contributed by atoms with E-state index in [1.807, 2.05) is 43.3 Å². The van der Waals surface area contributed by atoms with Crippen LogP contribution in [0.4, 0.5) is 0 Å². The van der Waals surface area contributed by atoms with Crippen molar-refractivity contribution in [2.24, 2.45) is 5.10 Å². The van der Waals surface area contributed by atoms with Crippen LogP contribution in [0.15, 0.2) is 47.6 Å². The maximum atomic E-state index is 12.0. The quantitative estimate of drug-likeness (QED) is 0.539. The van der Waals surface area contributed by atoms with Gasteiger partial charge in [-0.15, -0.1) is 0 Å². The Kier molecular flexibility index (Phi) is 7.67. The van der Waals surface area contributed by atoms with Gasteiger partial charge in [-0.05, 0) is 36.6 Å². The van der Waals surface area contributed by atoms with E-state index < -0.39 is 0 Å². The summed E-state index contributed by atoms with van der Waals surface area (Å²) >= 11 is 0. The summed E-state index contributed by atoms with van der Waals surface area (Å²) in [4.78, 5) is 12.0. The highest BCUT2D eigenvalue weighted by molar-refractivity contribution is 5.86. The zero-order valence-electron chi connectivity index (χ0n) is 16.2. The van der Waals surface area contributed by atoms with Gasteiger partial charge >= 0.3 is 0 Å². The fraction of sp³-hybridized carbons (Fsp3) is 0.333. The molecule has 2 aromatic carbocycles. The van der Waals surface area contributed by atoms with E-state index in [0.29, 0.717) is 35.3 Å². The number of methoxy groups -OCH3 is 1. The van der Waals surface area contributed by atoms with Gasteiger partial charge in [-0.25, -0.2) is 5.43 Å². The minimum absolute atomic E-state index is 0.114. The Morgan fingerprint density at radius 1 is 1.11 bits per heavy atom. The molecule has 1 N–H and O–H groups in total. The van der Waals surface area contributed by atoms with Gasteiger partial charge in [0.25, 0.3) is 5.91 Å². The molecule has 0 aliphatic rings. The Hall–Kier alpha value is -3.02. The standard InChI is InChI=1S/C21H26N2O4/c1-5-26-21-16(9-8-12-19(21)25-4)13-22-23-20(24)14-27-18-11-7-6-10-17(18)15(2)3/h6-13,15H,5,14H2,1-4H3,(H,23,24)/b22-13+. The van der Waals surface area contributed by atoms with E-state index in [4.69, 9.17) is 14.2 Å². The lowest BCUT2D eigenvalue weighted by atomic mass is 10.0. The molecule has 6 heteroatoms. The lowest BCUT2D eigenvalue weighted by Gasteiger charge is -2.13. The number of nitrogens with one attached hydrogen (secondary N) is 1. The van der Waals surface area contributed by atoms with Crippen LogP contribution in [0.25, 0.3) is 0 Å². The van der Waals surface area contributed by atoms with Gasteiger partial charge in [-0.3, -0.25) is 4.79 Å². The Morgan fingerprint density at radius 2 is 1.85 bits per heavy atom. The third-order valence-corrected chi connectivity index (χ3v) is 3.81. The van der Waals surface area contributed by atoms with Crippen LogP contribution in [-0.2, 0) is 4.79 Å². The summed E-state index contributed by atoms with van der Waals surface area (Å²) in [5, 5.41) is 3.99. The lowest BCUT2D eigenvalue weighted by Crippen LogP contribution is -2.25. The fourth-order valence-corrected chi connectivity index (χ4v) is 2.53. The third-order valence-electron chi connectivity index (χ3n) is 3.81. The molecule has 0 radical (unpaired) electrons. The molecule has 6 nitrogen and oxygen atoms in total. The average molecular weight is 370 g/mol. The topological polar surface area (TPSA) is 69.2 Å². The Morgan fingerprint density at radius 3 is 2.56 bits per heavy atom. The first-order chi connectivity index (χ1) is 13.1. The van der Waals surface area contributed by atoms with Gasteiger partial charge in [-0.2, -0.15) is 5.10 Å². The number of carbonyl (C=O) groups excluding carboxylic acids is 1. The molecule has 0 aliphatic carbocycles. The molecule has 27 heavy (non-hydrogen) atoms. The predicted molar refractivity (Wildman–Crippen MR) is 106 cm³/mol. The Labute approximate surface area is 160 Å². The normalized spacial score (nSPS) is 10.9. The SMILES string of the molecule is CCOc1c(/C=N/NC(=O)COc2ccccc2C(C)C)cccc1OC. The van der Waals surface area contributed by atoms with Gasteiger partial charge in [0, 0.05) is 5.56 Å². The van der Waals surface area contributed by atoms with Crippen molar-refractivity contribution in [2.45, 2.75) is 26.7 Å². The number of rotatable bonds is 9. The number of nitrogens with zero attached hydrogens (tertiary/aromatic N) is 1. The van der Waals surface area contributed by atoms with E-state index in [9.17, 15) is 4.79 Å². The minimum atomic E-state index is -0.342. The molecule has 0 spiro atoms. The second-order valence-corrected chi connectivity index (χ2v) is 6.09. The van der Waals surface area contributed by atoms with Crippen molar-refractivity contribution in [3.8, 4) is 17.2 Å². The maximum absolute atomic E-state index is 12.0. The lowest BCUT2D eigenvalue weighted by molar-refractivity contribution is -0.123. The molecule has 2 aromatic rings. The zero-order valence-corrected chi connectivity index (χ0v) is 16.2. The van der Waals surface area contributed by atoms with Crippen molar-refractivity contribution in [1.82, 2.24) is 5.43 Å². The second kappa shape index (κ2) is 10.2. The highest BCUT2D eigenvalue weighted by Crippen LogP contribution is 2.30. The fourth-order valence-electron chi connectivity index (χ4n) is 2.53. The maximum Gasteiger partial charge on any atom is 0.277 e. The van der Waals surface area contributed by atoms with Crippen molar-refractivity contribution >= 4 is 12.1 Å². The molecule has 0 aromatic heterocycles. The summed E-state index contributed by atoms with van der Waals surface area (Å²) in [6.07, 6.45) is 1.52. The number of para-hydroxylation sites is 2. The molecule has 0 fully saturated rings. The van der Waals surface area contributed by atoms with Gasteiger partial charge in [0.15, 0.2) is 18.1 Å². The van der Waals surface area contributed by atoms with E-state index in [2.05, 4.69) is 24.4 Å². The molecule has 2 rings (SSSR count). The number of hydrogen-bond donors (Lipinski definition) is 1. The van der Waals surface area contributed by atoms with E-state index in [1.54, 1.807) is 13.2 Å². The number of benzene rings is 2. The van der Waals surface area contributed by atoms with E-state index in [0.717, 1.165) is 5.56 Å². The largest absolute Gasteiger partial charge is 0.493 e. The first kappa shape index (κ1) is 20.3. The summed E-state index contributed by atoms with van der Waals surface area (Å²) in [5.74, 6) is 1.87. The summed E-state index contributed by atoms with van der Waals surface area (Å²) < 4.78 is 16.5. The molecule has 0 saturated heterocycles. The molecule has 144 valence electrons. The van der Waals surface area contributed by atoms with Crippen molar-refractivity contribution in [3.05, 3.63) is 53.6 Å². The van der Waals surface area contributed by atoms with Crippen molar-refractivity contribution in [3.63, 3.8) is 0 Å². The molecule has 1 amide bonds. The number of ether oxygens (including phenoxy) is 3. The van der Waals surface area contributed by atoms with Crippen LogP contribution in [0.5, 0.6) is 17.2 Å². The van der Waals surface area contributed by atoms with Crippen LogP contribution in [0, 0.1) is 0 Å². The van der Waals surface area contributed by atoms with Crippen LogP contribution in [0.1, 0.15) is 37.8 Å². The van der Waals surface area contributed by atoms with Gasteiger partial charge in [0.2, 0.25) is 0 Å². The van der Waals surface area contributed by atoms with Crippen molar-refractivity contribution in [1.29, 1.82) is 0 Å². The first-order valence-electron chi connectivity index (χ1n) is 8.90. The van der Waals surface area contributed by atoms with E-state index in [-0.39, 0.29) is 12.5 Å². The molecule has 0 aliphatic heterocycles. The molecule has 0 saturated carbocycles. The predicted octanol–water partition coefficient (Wildman–Crippen LogP) is 3.75. The number of hydrazone groups is 1. The van der Waals surface area contributed by atoms with Crippen LogP contribution >= 0.6 is 0 Å². The molecular formula is C21H26N2O4. The monoisotopic (exact) mass is 370 g/mol. The zero-order chi connectivity index (χ0) is 19.6. The second-order valence-electron chi connectivity index (χ2n) is 6.09. The van der Waals surface area contributed by atoms with Gasteiger partial charge in [-0.1, -0.05) is 38.1 Å². The molecular weight excluding hydrogens is 344 g/mol. The average Bonchev–Trinajstić information content (AvgIpc) is 2.67. The molecule has 0 heterocycles. The Balaban J connectivity index is 1.96. The summed E-state index contributed by atoms with van der Waals surface area (Å²) in [6, 6.07) is 13.2. The summed E-state index contributed by atoms with van der Waals surface area (Å²) in [6.45, 7) is 6.43. The van der Waals surface area contributed by atoms with Crippen LogP contribution in [0.2, 0.25) is 0 Å². The molecule has 0 bridgehead atoms. The smallest absolute Gasteiger partial charge is 0.277 e. The van der Waals surface area contributed by atoms with Crippen LogP contribution in [0.3, 0.4) is 0 Å². The van der Waals surface area contributed by atoms with Crippen molar-refractivity contribution < 1.29 is 19.0 Å². The summed E-state index contributed by atoms with van der Waals surface area (Å²) in [5.41, 5.74) is 4.24. The van der Waals surface area contributed by atoms with Crippen LogP contribution < -0.4 is 19.6 Å². The minimum Gasteiger partial charge on any atom is -0.493 e. The van der Waals surface area contributed by atoms with Crippen LogP contribution in [-0.4, -0.2) is 32.4 Å². The third kappa shape index (κ3) is 5.74. The first-order valence-corrected chi connectivity index (χ1v) is 8.90. The van der Waals surface area contributed by atoms with Gasteiger partial charge in [0.1, 0.15) is 5.75 Å². The summed E-state index contributed by atoms with van der Waals surface area (Å²) in [7, 11) is 1.58. The number of amides is 1. The molecule has 0 unspecified atom stereocenters. The van der Waals surface area contributed by atoms with Gasteiger partial charge < -0.3 is 14.2 Å². The highest BCUT2D eigenvalue weighted by Gasteiger charge is 2.10.